The molecule has 2 aromatic rings. The van der Waals surface area contributed by atoms with Crippen LogP contribution in [0.3, 0.4) is 0 Å². The number of pyridine rings is 1. The molecule has 0 spiro atoms. The van der Waals surface area contributed by atoms with Gasteiger partial charge in [-0.25, -0.2) is 26.6 Å². The van der Waals surface area contributed by atoms with Crippen LogP contribution in [0, 0.1) is 17.5 Å². The van der Waals surface area contributed by atoms with Gasteiger partial charge in [-0.05, 0) is 12.1 Å². The fourth-order valence-electron chi connectivity index (χ4n) is 1.36. The van der Waals surface area contributed by atoms with Crippen molar-refractivity contribution in [2.45, 2.75) is 4.90 Å². The van der Waals surface area contributed by atoms with Crippen LogP contribution in [0.2, 0.25) is 0 Å². The summed E-state index contributed by atoms with van der Waals surface area (Å²) in [7, 11) is -4.18. The normalized spacial score (nSPS) is 11.3. The van der Waals surface area contributed by atoms with Gasteiger partial charge in [-0.15, -0.1) is 0 Å². The van der Waals surface area contributed by atoms with E-state index in [9.17, 15) is 21.6 Å². The predicted octanol–water partition coefficient (Wildman–Crippen LogP) is 1.88. The number of hydrogen-bond donors (Lipinski definition) is 2. The summed E-state index contributed by atoms with van der Waals surface area (Å²) in [6.45, 7) is 0. The first-order valence-corrected chi connectivity index (χ1v) is 6.67. The monoisotopic (exact) mass is 303 g/mol. The second-order valence-electron chi connectivity index (χ2n) is 3.77. The highest BCUT2D eigenvalue weighted by Crippen LogP contribution is 2.22. The Balaban J connectivity index is 2.38. The van der Waals surface area contributed by atoms with Crippen molar-refractivity contribution in [3.05, 3.63) is 47.9 Å². The molecule has 106 valence electrons. The van der Waals surface area contributed by atoms with Crippen molar-refractivity contribution in [2.75, 3.05) is 10.5 Å². The molecule has 1 aromatic heterocycles. The average molecular weight is 303 g/mol. The number of rotatable bonds is 3. The zero-order valence-electron chi connectivity index (χ0n) is 9.77. The first-order valence-electron chi connectivity index (χ1n) is 5.18. The largest absolute Gasteiger partial charge is 0.384 e. The van der Waals surface area contributed by atoms with Crippen LogP contribution in [0.15, 0.2) is 35.4 Å². The summed E-state index contributed by atoms with van der Waals surface area (Å²) < 4.78 is 64.7. The van der Waals surface area contributed by atoms with Crippen LogP contribution in [0.5, 0.6) is 0 Å². The number of sulfonamides is 1. The van der Waals surface area contributed by atoms with Crippen molar-refractivity contribution in [3.8, 4) is 0 Å². The maximum absolute atomic E-state index is 13.4. The van der Waals surface area contributed by atoms with Gasteiger partial charge >= 0.3 is 0 Å². The molecule has 0 amide bonds. The highest BCUT2D eigenvalue weighted by atomic mass is 32.2. The third-order valence-electron chi connectivity index (χ3n) is 2.32. The number of nitrogens with zero attached hydrogens (tertiary/aromatic N) is 1. The van der Waals surface area contributed by atoms with E-state index in [1.54, 1.807) is 4.72 Å². The molecule has 1 aromatic carbocycles. The number of benzene rings is 1. The Hall–Kier alpha value is -2.29. The number of nitrogens with one attached hydrogen (secondary N) is 1. The lowest BCUT2D eigenvalue weighted by molar-refractivity contribution is 0.496. The van der Waals surface area contributed by atoms with E-state index in [1.165, 1.54) is 6.07 Å². The molecule has 5 nitrogen and oxygen atoms in total. The van der Waals surface area contributed by atoms with E-state index < -0.39 is 33.2 Å². The Kier molecular flexibility index (Phi) is 3.53. The van der Waals surface area contributed by atoms with E-state index in [0.717, 1.165) is 12.3 Å². The molecular weight excluding hydrogens is 295 g/mol. The lowest BCUT2D eigenvalue weighted by atomic mass is 10.3. The molecule has 0 bridgehead atoms. The zero-order valence-corrected chi connectivity index (χ0v) is 10.6. The summed E-state index contributed by atoms with van der Waals surface area (Å²) in [5.74, 6) is -3.93. The van der Waals surface area contributed by atoms with Crippen molar-refractivity contribution in [2.24, 2.45) is 0 Å². The van der Waals surface area contributed by atoms with E-state index in [-0.39, 0.29) is 16.8 Å². The maximum Gasteiger partial charge on any atom is 0.263 e. The van der Waals surface area contributed by atoms with Gasteiger partial charge in [0.15, 0.2) is 11.6 Å². The molecule has 0 atom stereocenters. The van der Waals surface area contributed by atoms with Crippen molar-refractivity contribution in [3.63, 3.8) is 0 Å². The van der Waals surface area contributed by atoms with Gasteiger partial charge < -0.3 is 5.73 Å². The zero-order chi connectivity index (χ0) is 14.9. The van der Waals surface area contributed by atoms with Crippen LogP contribution < -0.4 is 10.5 Å². The van der Waals surface area contributed by atoms with E-state index in [1.807, 2.05) is 0 Å². The predicted molar refractivity (Wildman–Crippen MR) is 65.8 cm³/mol. The van der Waals surface area contributed by atoms with Crippen molar-refractivity contribution >= 4 is 21.5 Å². The Labute approximate surface area is 112 Å². The fourth-order valence-corrected chi connectivity index (χ4v) is 2.36. The summed E-state index contributed by atoms with van der Waals surface area (Å²) in [5, 5.41) is 0. The molecule has 0 unspecified atom stereocenters. The summed E-state index contributed by atoms with van der Waals surface area (Å²) in [5.41, 5.74) is 4.60. The molecule has 0 aliphatic carbocycles. The van der Waals surface area contributed by atoms with Gasteiger partial charge in [0.05, 0.1) is 5.69 Å². The number of hydrogen-bond acceptors (Lipinski definition) is 4. The summed E-state index contributed by atoms with van der Waals surface area (Å²) in [6.07, 6.45) is 0.954. The van der Waals surface area contributed by atoms with Gasteiger partial charge in [0, 0.05) is 18.3 Å². The SMILES string of the molecule is Nc1ccc(S(=O)(=O)Nc2cc(F)c(F)cc2F)cn1. The molecule has 3 N–H and O–H groups in total. The highest BCUT2D eigenvalue weighted by molar-refractivity contribution is 7.92. The van der Waals surface area contributed by atoms with Gasteiger partial charge in [-0.2, -0.15) is 0 Å². The van der Waals surface area contributed by atoms with Gasteiger partial charge in [0.2, 0.25) is 0 Å². The Morgan fingerprint density at radius 2 is 1.70 bits per heavy atom. The number of halogens is 3. The summed E-state index contributed by atoms with van der Waals surface area (Å²) >= 11 is 0. The number of nitrogens with two attached hydrogens (primary N) is 1. The summed E-state index contributed by atoms with van der Waals surface area (Å²) in [4.78, 5) is 3.28. The molecule has 0 radical (unpaired) electrons. The Morgan fingerprint density at radius 1 is 1.05 bits per heavy atom. The number of aromatic nitrogens is 1. The maximum atomic E-state index is 13.4. The minimum Gasteiger partial charge on any atom is -0.384 e. The Bertz CT molecular complexity index is 748. The molecule has 9 heteroatoms. The van der Waals surface area contributed by atoms with Crippen LogP contribution in [0.25, 0.3) is 0 Å². The van der Waals surface area contributed by atoms with E-state index >= 15 is 0 Å². The molecule has 0 saturated heterocycles. The lowest BCUT2D eigenvalue weighted by Crippen LogP contribution is -2.15. The molecule has 0 aliphatic heterocycles. The van der Waals surface area contributed by atoms with Gasteiger partial charge in [-0.1, -0.05) is 0 Å². The number of anilines is 2. The lowest BCUT2D eigenvalue weighted by Gasteiger charge is -2.09. The first-order chi connectivity index (χ1) is 9.29. The third kappa shape index (κ3) is 2.82. The van der Waals surface area contributed by atoms with E-state index in [0.29, 0.717) is 6.07 Å². The van der Waals surface area contributed by atoms with Crippen molar-refractivity contribution in [1.29, 1.82) is 0 Å². The van der Waals surface area contributed by atoms with Gasteiger partial charge in [-0.3, -0.25) is 4.72 Å². The molecule has 0 fully saturated rings. The second-order valence-corrected chi connectivity index (χ2v) is 5.45. The van der Waals surface area contributed by atoms with E-state index in [4.69, 9.17) is 5.73 Å². The first kappa shape index (κ1) is 14.1. The van der Waals surface area contributed by atoms with Crippen molar-refractivity contribution in [1.82, 2.24) is 4.98 Å². The quantitative estimate of drug-likeness (QED) is 0.848. The minimum atomic E-state index is -4.18. The van der Waals surface area contributed by atoms with Crippen LogP contribution in [0.4, 0.5) is 24.7 Å². The van der Waals surface area contributed by atoms with Crippen molar-refractivity contribution < 1.29 is 21.6 Å². The molecule has 0 saturated carbocycles. The van der Waals surface area contributed by atoms with E-state index in [2.05, 4.69) is 4.98 Å². The molecule has 2 rings (SSSR count). The molecule has 0 aliphatic rings. The smallest absolute Gasteiger partial charge is 0.263 e. The topological polar surface area (TPSA) is 85.1 Å². The van der Waals surface area contributed by atoms with Crippen LogP contribution in [0.1, 0.15) is 0 Å². The average Bonchev–Trinajstić information content (AvgIpc) is 2.36. The third-order valence-corrected chi connectivity index (χ3v) is 3.67. The standard InChI is InChI=1S/C11H8F3N3O2S/c12-7-3-9(14)10(4-8(7)13)17-20(18,19)6-1-2-11(15)16-5-6/h1-5,17H,(H2,15,16). The van der Waals surface area contributed by atoms with Crippen LogP contribution in [-0.2, 0) is 10.0 Å². The second kappa shape index (κ2) is 5.00. The highest BCUT2D eigenvalue weighted by Gasteiger charge is 2.18. The minimum absolute atomic E-state index is 0.1000. The number of nitrogen functional groups attached to an aromatic ring is 1. The molecule has 1 heterocycles. The van der Waals surface area contributed by atoms with Crippen LogP contribution >= 0.6 is 0 Å². The van der Waals surface area contributed by atoms with Gasteiger partial charge in [0.25, 0.3) is 10.0 Å². The Morgan fingerprint density at radius 3 is 2.30 bits per heavy atom. The molecular formula is C11H8F3N3O2S. The fraction of sp³-hybridized carbons (Fsp3) is 0. The van der Waals surface area contributed by atoms with Crippen LogP contribution in [-0.4, -0.2) is 13.4 Å². The summed E-state index contributed by atoms with van der Waals surface area (Å²) in [6, 6.07) is 3.03. The molecule has 20 heavy (non-hydrogen) atoms. The van der Waals surface area contributed by atoms with Gasteiger partial charge in [0.1, 0.15) is 16.5 Å².